The molecule has 0 N–H and O–H groups in total. The Hall–Kier alpha value is -5.35. The van der Waals surface area contributed by atoms with Crippen molar-refractivity contribution in [3.8, 4) is 17.2 Å². The molecule has 7 rings (SSSR count). The van der Waals surface area contributed by atoms with E-state index < -0.39 is 29.9 Å². The largest absolute Gasteiger partial charge is 0.454 e. The van der Waals surface area contributed by atoms with E-state index in [2.05, 4.69) is 83.5 Å². The van der Waals surface area contributed by atoms with Gasteiger partial charge in [-0.1, -0.05) is 197 Å². The molecule has 0 aromatic heterocycles. The molecule has 6 aromatic rings. The minimum atomic E-state index is -4.23. The molecule has 0 spiro atoms. The van der Waals surface area contributed by atoms with Crippen molar-refractivity contribution in [2.45, 2.75) is 160 Å². The van der Waals surface area contributed by atoms with Crippen LogP contribution in [0.1, 0.15) is 163 Å². The highest BCUT2D eigenvalue weighted by molar-refractivity contribution is 7.99. The van der Waals surface area contributed by atoms with Gasteiger partial charge in [-0.15, -0.1) is 0 Å². The van der Waals surface area contributed by atoms with Gasteiger partial charge in [0.2, 0.25) is 6.79 Å². The second-order valence-electron chi connectivity index (χ2n) is 18.9. The van der Waals surface area contributed by atoms with Gasteiger partial charge in [0.05, 0.1) is 19.9 Å². The number of rotatable bonds is 12. The van der Waals surface area contributed by atoms with Gasteiger partial charge in [0.25, 0.3) is 11.5 Å². The second-order valence-corrected chi connectivity index (χ2v) is 21.1. The number of hydrogen-bond acceptors (Lipinski definition) is 5. The van der Waals surface area contributed by atoms with Gasteiger partial charge in [-0.05, 0) is 130 Å². The van der Waals surface area contributed by atoms with Crippen molar-refractivity contribution in [2.75, 3.05) is 21.1 Å². The standard InChI is InChI=1S/C10H11F3.C10H12F2O.2C10H12F2S.C10H12O2.C10H14.2CH3F/c1-7(2)8-4-3-5-9(6-8)10(11,12)13;1-7(2)8-4-3-5-9(6-8)13-10(11)12;1-7(2)8-3-5-9(6-4-8)13-10(11)12;1-7(2)8-4-3-5-9(6-8)13-10(11)12;1-7(2)8-3-4-9-10(5-8)12-6-11-9;1-8(2)10-6-4-5-9(3)7-10;2*1-2/h3-7H,1-2H3;3*3-7,10H,1-2H3;3-5,7H,6H2,1-2H3;4-8H,1-3H3;2*1H3. The molecular formula is C62H79F11O3S2. The Bertz CT molecular complexity index is 2440. The number of fused-ring (bicyclic) bond motifs is 1. The summed E-state index contributed by atoms with van der Waals surface area (Å²) in [5.74, 6) is -0.221. The van der Waals surface area contributed by atoms with Crippen LogP contribution in [0.25, 0.3) is 0 Å². The fourth-order valence-corrected chi connectivity index (χ4v) is 7.58. The maximum absolute atomic E-state index is 12.2. The summed E-state index contributed by atoms with van der Waals surface area (Å²) in [5.41, 5.74) is 7.50. The van der Waals surface area contributed by atoms with Crippen LogP contribution in [0.2, 0.25) is 0 Å². The summed E-state index contributed by atoms with van der Waals surface area (Å²) < 4.78 is 142. The number of hydrogen-bond donors (Lipinski definition) is 0. The van der Waals surface area contributed by atoms with E-state index in [1.165, 1.54) is 40.5 Å². The third kappa shape index (κ3) is 30.7. The van der Waals surface area contributed by atoms with Gasteiger partial charge in [-0.3, -0.25) is 8.78 Å². The van der Waals surface area contributed by atoms with Gasteiger partial charge in [0, 0.05) is 9.79 Å². The molecule has 16 heteroatoms. The minimum Gasteiger partial charge on any atom is -0.454 e. The molecule has 0 saturated carbocycles. The summed E-state index contributed by atoms with van der Waals surface area (Å²) in [6.45, 7) is 24.5. The molecule has 0 radical (unpaired) electrons. The zero-order chi connectivity index (χ0) is 59.7. The monoisotopic (exact) mass is 1140 g/mol. The van der Waals surface area contributed by atoms with Crippen molar-refractivity contribution in [1.29, 1.82) is 0 Å². The fraction of sp³-hybridized carbons (Fsp3) is 0.419. The fourth-order valence-electron chi connectivity index (χ4n) is 6.51. The first-order chi connectivity index (χ1) is 36.7. The first-order valence-corrected chi connectivity index (χ1v) is 27.0. The molecule has 6 aromatic carbocycles. The minimum absolute atomic E-state index is 0.127. The molecular weight excluding hydrogens is 1070 g/mol. The SMILES string of the molecule is CC(C)c1ccc(SC(F)F)cc1.CC(C)c1ccc2c(c1)OCO2.CC(C)c1cccc(C(F)(F)F)c1.CC(C)c1cccc(OC(F)F)c1.CC(C)c1cccc(SC(F)F)c1.CF.CF.Cc1cccc(C(C)C)c1. The summed E-state index contributed by atoms with van der Waals surface area (Å²) in [6.07, 6.45) is -4.23. The lowest BCUT2D eigenvalue weighted by molar-refractivity contribution is -0.137. The molecule has 0 fully saturated rings. The lowest BCUT2D eigenvalue weighted by atomic mass is 10.0. The van der Waals surface area contributed by atoms with Crippen LogP contribution >= 0.6 is 23.5 Å². The van der Waals surface area contributed by atoms with E-state index in [1.54, 1.807) is 36.4 Å². The molecule has 1 aliphatic heterocycles. The van der Waals surface area contributed by atoms with Gasteiger partial charge < -0.3 is 14.2 Å². The third-order valence-corrected chi connectivity index (χ3v) is 12.4. The van der Waals surface area contributed by atoms with Crippen LogP contribution in [-0.2, 0) is 6.18 Å². The van der Waals surface area contributed by atoms with Crippen molar-refractivity contribution in [1.82, 2.24) is 0 Å². The lowest BCUT2D eigenvalue weighted by Crippen LogP contribution is -2.05. The van der Waals surface area contributed by atoms with E-state index in [0.29, 0.717) is 84.1 Å². The van der Waals surface area contributed by atoms with Crippen LogP contribution in [0, 0.1) is 6.92 Å². The Morgan fingerprint density at radius 3 is 1.26 bits per heavy atom. The van der Waals surface area contributed by atoms with Crippen LogP contribution in [-0.4, -0.2) is 39.3 Å². The Morgan fingerprint density at radius 2 is 0.808 bits per heavy atom. The Morgan fingerprint density at radius 1 is 0.410 bits per heavy atom. The highest BCUT2D eigenvalue weighted by Gasteiger charge is 2.30. The first-order valence-electron chi connectivity index (χ1n) is 25.2. The van der Waals surface area contributed by atoms with Crippen molar-refractivity contribution >= 4 is 23.5 Å². The Labute approximate surface area is 466 Å². The summed E-state index contributed by atoms with van der Waals surface area (Å²) in [7, 11) is 1.00. The molecule has 1 aliphatic rings. The number of benzene rings is 6. The molecule has 0 atom stereocenters. The van der Waals surface area contributed by atoms with E-state index in [4.69, 9.17) is 9.47 Å². The van der Waals surface area contributed by atoms with Crippen molar-refractivity contribution in [3.63, 3.8) is 0 Å². The van der Waals surface area contributed by atoms with Crippen molar-refractivity contribution in [3.05, 3.63) is 184 Å². The molecule has 1 heterocycles. The van der Waals surface area contributed by atoms with Gasteiger partial charge >= 0.3 is 12.8 Å². The van der Waals surface area contributed by atoms with Crippen LogP contribution in [0.15, 0.2) is 149 Å². The number of aryl methyl sites for hydroxylation is 1. The van der Waals surface area contributed by atoms with Crippen molar-refractivity contribution in [2.24, 2.45) is 0 Å². The maximum atomic E-state index is 12.2. The normalized spacial score (nSPS) is 11.2. The summed E-state index contributed by atoms with van der Waals surface area (Å²) in [6, 6.07) is 41.6. The van der Waals surface area contributed by atoms with Crippen molar-refractivity contribution < 1.29 is 62.5 Å². The number of halogens is 11. The Balaban J connectivity index is 0.000000901. The van der Waals surface area contributed by atoms with E-state index in [-0.39, 0.29) is 11.7 Å². The number of ether oxygens (including phenoxy) is 3. The topological polar surface area (TPSA) is 27.7 Å². The second kappa shape index (κ2) is 39.1. The summed E-state index contributed by atoms with van der Waals surface area (Å²) >= 11 is 1.18. The third-order valence-electron chi connectivity index (χ3n) is 10.9. The van der Waals surface area contributed by atoms with Gasteiger partial charge in [-0.2, -0.15) is 39.5 Å². The molecule has 3 nitrogen and oxygen atoms in total. The smallest absolute Gasteiger partial charge is 0.416 e. The van der Waals surface area contributed by atoms with E-state index in [1.807, 2.05) is 90.1 Å². The van der Waals surface area contributed by atoms with E-state index in [9.17, 15) is 48.3 Å². The van der Waals surface area contributed by atoms with Crippen LogP contribution in [0.3, 0.4) is 0 Å². The lowest BCUT2D eigenvalue weighted by Gasteiger charge is -2.10. The zero-order valence-corrected chi connectivity index (χ0v) is 49.0. The first kappa shape index (κ1) is 72.7. The average Bonchev–Trinajstić information content (AvgIpc) is 3.87. The van der Waals surface area contributed by atoms with Gasteiger partial charge in [-0.25, -0.2) is 0 Å². The maximum Gasteiger partial charge on any atom is 0.416 e. The zero-order valence-electron chi connectivity index (χ0n) is 47.4. The molecule has 0 aliphatic carbocycles. The number of thioether (sulfide) groups is 2. The van der Waals surface area contributed by atoms with E-state index >= 15 is 0 Å². The number of alkyl halides is 11. The molecule has 78 heavy (non-hydrogen) atoms. The molecule has 434 valence electrons. The predicted octanol–water partition coefficient (Wildman–Crippen LogP) is 22.3. The predicted molar refractivity (Wildman–Crippen MR) is 303 cm³/mol. The summed E-state index contributed by atoms with van der Waals surface area (Å²) in [4.78, 5) is 1.26. The van der Waals surface area contributed by atoms with Crippen LogP contribution in [0.5, 0.6) is 17.2 Å². The molecule has 0 amide bonds. The highest BCUT2D eigenvalue weighted by Crippen LogP contribution is 2.35. The highest BCUT2D eigenvalue weighted by atomic mass is 32.2. The van der Waals surface area contributed by atoms with E-state index in [0.717, 1.165) is 34.3 Å². The molecule has 0 unspecified atom stereocenters. The molecule has 0 saturated heterocycles. The van der Waals surface area contributed by atoms with Crippen LogP contribution in [0.4, 0.5) is 48.3 Å². The van der Waals surface area contributed by atoms with Gasteiger partial charge in [0.15, 0.2) is 11.5 Å². The summed E-state index contributed by atoms with van der Waals surface area (Å²) in [5, 5.41) is 0. The molecule has 0 bridgehead atoms. The van der Waals surface area contributed by atoms with Gasteiger partial charge in [0.1, 0.15) is 5.75 Å². The Kier molecular flexibility index (Phi) is 36.4. The quantitative estimate of drug-likeness (QED) is 0.0899. The van der Waals surface area contributed by atoms with Crippen LogP contribution < -0.4 is 14.2 Å². The average molecular weight is 1150 g/mol.